The Bertz CT molecular complexity index is 773. The van der Waals surface area contributed by atoms with Gasteiger partial charge < -0.3 is 5.73 Å². The van der Waals surface area contributed by atoms with Gasteiger partial charge in [0.15, 0.2) is 0 Å². The van der Waals surface area contributed by atoms with E-state index in [-0.39, 0.29) is 22.6 Å². The second-order valence-corrected chi connectivity index (χ2v) is 6.57. The Hall–Kier alpha value is -1.92. The monoisotopic (exact) mass is 308 g/mol. The van der Waals surface area contributed by atoms with Crippen molar-refractivity contribution in [3.8, 4) is 0 Å². The summed E-state index contributed by atoms with van der Waals surface area (Å²) >= 11 is 0. The maximum Gasteiger partial charge on any atom is 0.261 e. The number of nitrogens with one attached hydrogen (secondary N) is 1. The van der Waals surface area contributed by atoms with Gasteiger partial charge in [-0.15, -0.1) is 0 Å². The third-order valence-electron chi connectivity index (χ3n) is 3.10. The van der Waals surface area contributed by atoms with E-state index in [0.717, 1.165) is 5.56 Å². The van der Waals surface area contributed by atoms with Crippen LogP contribution in [0.15, 0.2) is 41.3 Å². The summed E-state index contributed by atoms with van der Waals surface area (Å²) in [6.45, 7) is 3.33. The van der Waals surface area contributed by atoms with Crippen molar-refractivity contribution in [2.75, 3.05) is 4.72 Å². The van der Waals surface area contributed by atoms with Gasteiger partial charge in [0.05, 0.1) is 4.90 Å². The van der Waals surface area contributed by atoms with Crippen molar-refractivity contribution < 1.29 is 12.8 Å². The van der Waals surface area contributed by atoms with Gasteiger partial charge >= 0.3 is 0 Å². The number of benzene rings is 2. The van der Waals surface area contributed by atoms with Gasteiger partial charge in [0.2, 0.25) is 0 Å². The molecular weight excluding hydrogens is 291 g/mol. The fraction of sp³-hybridized carbons (Fsp3) is 0.200. The molecule has 112 valence electrons. The minimum atomic E-state index is -3.77. The van der Waals surface area contributed by atoms with Crippen LogP contribution in [0.1, 0.15) is 16.7 Å². The SMILES string of the molecule is Cc1cccc(NS(=O)(=O)c2cc(C)c(F)c(CN)c2)c1. The van der Waals surface area contributed by atoms with E-state index in [4.69, 9.17) is 5.73 Å². The molecule has 0 amide bonds. The van der Waals surface area contributed by atoms with Crippen molar-refractivity contribution in [3.63, 3.8) is 0 Å². The van der Waals surface area contributed by atoms with E-state index in [1.54, 1.807) is 18.2 Å². The summed E-state index contributed by atoms with van der Waals surface area (Å²) in [5.74, 6) is -0.466. The highest BCUT2D eigenvalue weighted by atomic mass is 32.2. The molecule has 2 rings (SSSR count). The molecule has 0 unspecified atom stereocenters. The maximum absolute atomic E-state index is 13.8. The van der Waals surface area contributed by atoms with Crippen molar-refractivity contribution in [1.82, 2.24) is 0 Å². The molecule has 0 aliphatic heterocycles. The lowest BCUT2D eigenvalue weighted by Crippen LogP contribution is -2.15. The maximum atomic E-state index is 13.8. The number of aryl methyl sites for hydroxylation is 2. The third-order valence-corrected chi connectivity index (χ3v) is 4.46. The molecule has 0 aliphatic carbocycles. The van der Waals surface area contributed by atoms with Crippen molar-refractivity contribution in [3.05, 3.63) is 58.9 Å². The van der Waals surface area contributed by atoms with E-state index in [2.05, 4.69) is 4.72 Å². The van der Waals surface area contributed by atoms with E-state index in [1.807, 2.05) is 13.0 Å². The molecule has 0 fully saturated rings. The van der Waals surface area contributed by atoms with E-state index in [1.165, 1.54) is 19.1 Å². The molecule has 0 bridgehead atoms. The topological polar surface area (TPSA) is 72.2 Å². The molecule has 21 heavy (non-hydrogen) atoms. The summed E-state index contributed by atoms with van der Waals surface area (Å²) in [5, 5.41) is 0. The molecule has 0 aromatic heterocycles. The Morgan fingerprint density at radius 2 is 1.90 bits per heavy atom. The van der Waals surface area contributed by atoms with Gasteiger partial charge in [-0.2, -0.15) is 0 Å². The van der Waals surface area contributed by atoms with Gasteiger partial charge in [-0.3, -0.25) is 4.72 Å². The summed E-state index contributed by atoms with van der Waals surface area (Å²) in [4.78, 5) is 0.00311. The van der Waals surface area contributed by atoms with Crippen LogP contribution in [0.3, 0.4) is 0 Å². The highest BCUT2D eigenvalue weighted by Gasteiger charge is 2.18. The Balaban J connectivity index is 2.42. The first-order chi connectivity index (χ1) is 9.83. The number of hydrogen-bond acceptors (Lipinski definition) is 3. The average molecular weight is 308 g/mol. The molecule has 0 atom stereocenters. The van der Waals surface area contributed by atoms with Gasteiger partial charge in [-0.1, -0.05) is 12.1 Å². The molecule has 0 saturated heterocycles. The second-order valence-electron chi connectivity index (χ2n) is 4.89. The second kappa shape index (κ2) is 5.83. The van der Waals surface area contributed by atoms with E-state index in [0.29, 0.717) is 5.69 Å². The Morgan fingerprint density at radius 1 is 1.19 bits per heavy atom. The van der Waals surface area contributed by atoms with Crippen LogP contribution in [-0.4, -0.2) is 8.42 Å². The molecule has 4 nitrogen and oxygen atoms in total. The summed E-state index contributed by atoms with van der Waals surface area (Å²) in [6.07, 6.45) is 0. The lowest BCUT2D eigenvalue weighted by Gasteiger charge is -2.11. The first-order valence-electron chi connectivity index (χ1n) is 6.42. The quantitative estimate of drug-likeness (QED) is 0.912. The fourth-order valence-electron chi connectivity index (χ4n) is 2.03. The van der Waals surface area contributed by atoms with Crippen molar-refractivity contribution in [1.29, 1.82) is 0 Å². The predicted molar refractivity (Wildman–Crippen MR) is 81.0 cm³/mol. The molecule has 3 N–H and O–H groups in total. The largest absolute Gasteiger partial charge is 0.326 e. The van der Waals surface area contributed by atoms with Crippen LogP contribution in [0, 0.1) is 19.7 Å². The number of rotatable bonds is 4. The molecule has 0 aliphatic rings. The van der Waals surface area contributed by atoms with Crippen molar-refractivity contribution >= 4 is 15.7 Å². The summed E-state index contributed by atoms with van der Waals surface area (Å²) < 4.78 is 41.0. The molecule has 0 heterocycles. The molecule has 2 aromatic rings. The Kier molecular flexibility index (Phi) is 4.29. The number of sulfonamides is 1. The lowest BCUT2D eigenvalue weighted by molar-refractivity contribution is 0.592. The summed E-state index contributed by atoms with van der Waals surface area (Å²) in [6, 6.07) is 9.57. The molecule has 2 aromatic carbocycles. The number of hydrogen-bond donors (Lipinski definition) is 2. The number of nitrogens with two attached hydrogens (primary N) is 1. The van der Waals surface area contributed by atoms with E-state index >= 15 is 0 Å². The minimum Gasteiger partial charge on any atom is -0.326 e. The minimum absolute atomic E-state index is 0.00311. The number of halogens is 1. The molecule has 0 saturated carbocycles. The van der Waals surface area contributed by atoms with Crippen LogP contribution in [0.4, 0.5) is 10.1 Å². The zero-order valence-electron chi connectivity index (χ0n) is 11.9. The van der Waals surface area contributed by atoms with Crippen LogP contribution in [-0.2, 0) is 16.6 Å². The van der Waals surface area contributed by atoms with Crippen LogP contribution in [0.2, 0.25) is 0 Å². The highest BCUT2D eigenvalue weighted by Crippen LogP contribution is 2.22. The third kappa shape index (κ3) is 3.40. The Morgan fingerprint density at radius 3 is 2.52 bits per heavy atom. The van der Waals surface area contributed by atoms with Crippen molar-refractivity contribution in [2.24, 2.45) is 5.73 Å². The normalized spacial score (nSPS) is 11.4. The zero-order valence-corrected chi connectivity index (χ0v) is 12.7. The van der Waals surface area contributed by atoms with Crippen LogP contribution < -0.4 is 10.5 Å². The van der Waals surface area contributed by atoms with Crippen molar-refractivity contribution in [2.45, 2.75) is 25.3 Å². The zero-order chi connectivity index (χ0) is 15.6. The summed E-state index contributed by atoms with van der Waals surface area (Å²) in [7, 11) is -3.77. The molecular formula is C15H17FN2O2S. The Labute approximate surface area is 123 Å². The fourth-order valence-corrected chi connectivity index (χ4v) is 3.22. The molecule has 0 radical (unpaired) electrons. The molecule has 0 spiro atoms. The summed E-state index contributed by atoms with van der Waals surface area (Å²) in [5.41, 5.74) is 7.28. The lowest BCUT2D eigenvalue weighted by atomic mass is 10.1. The van der Waals surface area contributed by atoms with Crippen LogP contribution >= 0.6 is 0 Å². The van der Waals surface area contributed by atoms with Gasteiger partial charge in [0, 0.05) is 17.8 Å². The molecule has 6 heteroatoms. The van der Waals surface area contributed by atoms with E-state index in [9.17, 15) is 12.8 Å². The van der Waals surface area contributed by atoms with E-state index < -0.39 is 15.8 Å². The van der Waals surface area contributed by atoms with Crippen LogP contribution in [0.5, 0.6) is 0 Å². The first kappa shape index (κ1) is 15.5. The van der Waals surface area contributed by atoms with Gasteiger partial charge in [0.1, 0.15) is 5.82 Å². The van der Waals surface area contributed by atoms with Gasteiger partial charge in [-0.25, -0.2) is 12.8 Å². The number of anilines is 1. The smallest absolute Gasteiger partial charge is 0.261 e. The first-order valence-corrected chi connectivity index (χ1v) is 7.90. The predicted octanol–water partition coefficient (Wildman–Crippen LogP) is 2.70. The standard InChI is InChI=1S/C15H17FN2O2S/c1-10-4-3-5-13(6-10)18-21(19,20)14-7-11(2)15(16)12(8-14)9-17/h3-8,18H,9,17H2,1-2H3. The highest BCUT2D eigenvalue weighted by molar-refractivity contribution is 7.92. The van der Waals surface area contributed by atoms with Crippen LogP contribution in [0.25, 0.3) is 0 Å². The van der Waals surface area contributed by atoms with Gasteiger partial charge in [0.25, 0.3) is 10.0 Å². The average Bonchev–Trinajstić information content (AvgIpc) is 2.41. The van der Waals surface area contributed by atoms with Gasteiger partial charge in [-0.05, 0) is 49.2 Å².